The summed E-state index contributed by atoms with van der Waals surface area (Å²) in [7, 11) is 0. The average molecular weight is 336 g/mol. The summed E-state index contributed by atoms with van der Waals surface area (Å²) in [5, 5.41) is 0. The molecule has 0 saturated carbocycles. The Bertz CT molecular complexity index is 641. The summed E-state index contributed by atoms with van der Waals surface area (Å²) in [6.07, 6.45) is 4.20. The lowest BCUT2D eigenvalue weighted by Gasteiger charge is -2.29. The van der Waals surface area contributed by atoms with E-state index in [9.17, 15) is 14.0 Å². The zero-order chi connectivity index (χ0) is 17.7. The fraction of sp³-hybridized carbons (Fsp3) is 0.444. The van der Waals surface area contributed by atoms with E-state index < -0.39 is 23.5 Å². The zero-order valence-corrected chi connectivity index (χ0v) is 14.1. The number of rotatable bonds is 6. The molecule has 0 spiro atoms. The number of hydrogen-bond acceptors (Lipinski definition) is 5. The van der Waals surface area contributed by atoms with Gasteiger partial charge in [-0.3, -0.25) is 0 Å². The first-order valence-electron chi connectivity index (χ1n) is 7.92. The van der Waals surface area contributed by atoms with Crippen molar-refractivity contribution in [2.45, 2.75) is 45.8 Å². The molecule has 0 atom stereocenters. The molecular weight excluding hydrogens is 315 g/mol. The largest absolute Gasteiger partial charge is 0.493 e. The van der Waals surface area contributed by atoms with Crippen molar-refractivity contribution in [2.75, 3.05) is 6.61 Å². The van der Waals surface area contributed by atoms with Crippen LogP contribution >= 0.6 is 0 Å². The smallest absolute Gasteiger partial charge is 0.348 e. The highest BCUT2D eigenvalue weighted by atomic mass is 19.1. The third-order valence-corrected chi connectivity index (χ3v) is 3.34. The normalized spacial score (nSPS) is 16.4. The molecule has 5 nitrogen and oxygen atoms in total. The fourth-order valence-corrected chi connectivity index (χ4v) is 2.24. The lowest BCUT2D eigenvalue weighted by atomic mass is 10.1. The fourth-order valence-electron chi connectivity index (χ4n) is 2.24. The van der Waals surface area contributed by atoms with Crippen LogP contribution in [0.25, 0.3) is 6.08 Å². The van der Waals surface area contributed by atoms with Crippen molar-refractivity contribution in [3.05, 3.63) is 35.2 Å². The van der Waals surface area contributed by atoms with E-state index in [0.29, 0.717) is 17.9 Å². The maximum Gasteiger partial charge on any atom is 0.348 e. The van der Waals surface area contributed by atoms with Gasteiger partial charge in [0.1, 0.15) is 17.1 Å². The molecule has 130 valence electrons. The van der Waals surface area contributed by atoms with Gasteiger partial charge in [0.2, 0.25) is 0 Å². The summed E-state index contributed by atoms with van der Waals surface area (Å²) >= 11 is 0. The van der Waals surface area contributed by atoms with Gasteiger partial charge in [-0.05, 0) is 30.2 Å². The van der Waals surface area contributed by atoms with Gasteiger partial charge in [0.25, 0.3) is 5.79 Å². The minimum atomic E-state index is -1.30. The van der Waals surface area contributed by atoms with E-state index in [1.165, 1.54) is 32.1 Å². The van der Waals surface area contributed by atoms with Gasteiger partial charge < -0.3 is 14.2 Å². The topological polar surface area (TPSA) is 61.8 Å². The molecule has 1 aromatic rings. The van der Waals surface area contributed by atoms with Gasteiger partial charge in [0.15, 0.2) is 0 Å². The number of hydrogen-bond donors (Lipinski definition) is 0. The van der Waals surface area contributed by atoms with Crippen molar-refractivity contribution in [3.8, 4) is 5.75 Å². The van der Waals surface area contributed by atoms with E-state index in [-0.39, 0.29) is 5.57 Å². The van der Waals surface area contributed by atoms with E-state index in [0.717, 1.165) is 19.3 Å². The van der Waals surface area contributed by atoms with Gasteiger partial charge in [0, 0.05) is 19.9 Å². The summed E-state index contributed by atoms with van der Waals surface area (Å²) in [4.78, 5) is 23.8. The third kappa shape index (κ3) is 4.81. The van der Waals surface area contributed by atoms with Crippen molar-refractivity contribution in [2.24, 2.45) is 0 Å². The molecule has 1 heterocycles. The summed E-state index contributed by atoms with van der Waals surface area (Å²) in [6, 6.07) is 4.02. The number of halogens is 1. The van der Waals surface area contributed by atoms with Gasteiger partial charge >= 0.3 is 11.9 Å². The summed E-state index contributed by atoms with van der Waals surface area (Å²) < 4.78 is 29.2. The number of unbranched alkanes of at least 4 members (excludes halogenated alkanes) is 2. The molecule has 2 rings (SSSR count). The Balaban J connectivity index is 2.18. The molecule has 0 unspecified atom stereocenters. The van der Waals surface area contributed by atoms with E-state index in [2.05, 4.69) is 6.92 Å². The molecule has 6 heteroatoms. The van der Waals surface area contributed by atoms with Gasteiger partial charge in [-0.25, -0.2) is 14.0 Å². The second kappa shape index (κ2) is 7.47. The van der Waals surface area contributed by atoms with Crippen molar-refractivity contribution >= 4 is 18.0 Å². The quantitative estimate of drug-likeness (QED) is 0.344. The number of esters is 2. The second-order valence-corrected chi connectivity index (χ2v) is 6.01. The Morgan fingerprint density at radius 1 is 1.12 bits per heavy atom. The van der Waals surface area contributed by atoms with Gasteiger partial charge in [0.05, 0.1) is 6.61 Å². The van der Waals surface area contributed by atoms with Crippen molar-refractivity contribution in [1.29, 1.82) is 0 Å². The number of carbonyl (C=O) groups excluding carboxylic acids is 2. The summed E-state index contributed by atoms with van der Waals surface area (Å²) in [5.74, 6) is -3.08. The predicted molar refractivity (Wildman–Crippen MR) is 85.7 cm³/mol. The number of benzene rings is 1. The lowest BCUT2D eigenvalue weighted by Crippen LogP contribution is -2.41. The minimum Gasteiger partial charge on any atom is -0.493 e. The van der Waals surface area contributed by atoms with Crippen LogP contribution in [0.15, 0.2) is 23.8 Å². The number of ether oxygens (including phenoxy) is 3. The van der Waals surface area contributed by atoms with Crippen LogP contribution in [0.1, 0.15) is 45.6 Å². The van der Waals surface area contributed by atoms with E-state index >= 15 is 0 Å². The minimum absolute atomic E-state index is 0.281. The molecule has 0 aliphatic carbocycles. The standard InChI is InChI=1S/C18H21FO5/c1-4-5-6-7-22-14-9-12(8-13(19)11-14)10-15-16(20)23-18(2,3)24-17(15)21/h8-11H,4-7H2,1-3H3. The summed E-state index contributed by atoms with van der Waals surface area (Å²) in [5.41, 5.74) is 0.0426. The van der Waals surface area contributed by atoms with Gasteiger partial charge in [-0.15, -0.1) is 0 Å². The molecule has 1 aliphatic heterocycles. The van der Waals surface area contributed by atoms with Crippen LogP contribution in [-0.4, -0.2) is 24.3 Å². The van der Waals surface area contributed by atoms with Crippen LogP contribution in [0.5, 0.6) is 5.75 Å². The molecule has 0 aromatic heterocycles. The first-order chi connectivity index (χ1) is 11.3. The van der Waals surface area contributed by atoms with E-state index in [1.54, 1.807) is 6.07 Å². The average Bonchev–Trinajstić information content (AvgIpc) is 2.46. The van der Waals surface area contributed by atoms with Gasteiger partial charge in [-0.1, -0.05) is 19.8 Å². The van der Waals surface area contributed by atoms with Crippen LogP contribution in [0, 0.1) is 5.82 Å². The highest BCUT2D eigenvalue weighted by molar-refractivity contribution is 6.18. The molecule has 1 saturated heterocycles. The SMILES string of the molecule is CCCCCOc1cc(F)cc(C=C2C(=O)OC(C)(C)OC2=O)c1. The molecule has 0 amide bonds. The third-order valence-electron chi connectivity index (χ3n) is 3.34. The van der Waals surface area contributed by atoms with Crippen LogP contribution < -0.4 is 4.74 Å². The molecule has 1 aliphatic rings. The molecule has 0 N–H and O–H groups in total. The van der Waals surface area contributed by atoms with E-state index in [1.807, 2.05) is 0 Å². The van der Waals surface area contributed by atoms with Crippen LogP contribution in [0.4, 0.5) is 4.39 Å². The molecule has 24 heavy (non-hydrogen) atoms. The van der Waals surface area contributed by atoms with Crippen LogP contribution in [0.3, 0.4) is 0 Å². The first-order valence-corrected chi connectivity index (χ1v) is 7.92. The molecule has 1 fully saturated rings. The molecule has 1 aromatic carbocycles. The molecule has 0 radical (unpaired) electrons. The maximum atomic E-state index is 13.7. The highest BCUT2D eigenvalue weighted by Gasteiger charge is 2.38. The Morgan fingerprint density at radius 2 is 1.79 bits per heavy atom. The summed E-state index contributed by atoms with van der Waals surface area (Å²) in [6.45, 7) is 5.48. The van der Waals surface area contributed by atoms with Crippen molar-refractivity contribution < 1.29 is 28.2 Å². The number of cyclic esters (lactones) is 2. The predicted octanol–water partition coefficient (Wildman–Crippen LogP) is 3.61. The Morgan fingerprint density at radius 3 is 2.42 bits per heavy atom. The highest BCUT2D eigenvalue weighted by Crippen LogP contribution is 2.25. The van der Waals surface area contributed by atoms with Crippen LogP contribution in [-0.2, 0) is 19.1 Å². The lowest BCUT2D eigenvalue weighted by molar-refractivity contribution is -0.222. The monoisotopic (exact) mass is 336 g/mol. The number of carbonyl (C=O) groups is 2. The maximum absolute atomic E-state index is 13.7. The Hall–Kier alpha value is -2.37. The zero-order valence-electron chi connectivity index (χ0n) is 14.1. The molecule has 0 bridgehead atoms. The second-order valence-electron chi connectivity index (χ2n) is 6.01. The van der Waals surface area contributed by atoms with Crippen molar-refractivity contribution in [1.82, 2.24) is 0 Å². The Kier molecular flexibility index (Phi) is 5.59. The Labute approximate surface area is 140 Å². The van der Waals surface area contributed by atoms with Crippen molar-refractivity contribution in [3.63, 3.8) is 0 Å². The molecular formula is C18H21FO5. The van der Waals surface area contributed by atoms with Gasteiger partial charge in [-0.2, -0.15) is 0 Å². The van der Waals surface area contributed by atoms with E-state index in [4.69, 9.17) is 14.2 Å². The van der Waals surface area contributed by atoms with Crippen LogP contribution in [0.2, 0.25) is 0 Å². The first kappa shape index (κ1) is 18.0.